The van der Waals surface area contributed by atoms with Gasteiger partial charge in [0.25, 0.3) is 5.56 Å². The van der Waals surface area contributed by atoms with Crippen molar-refractivity contribution in [2.75, 3.05) is 19.8 Å². The molecular weight excluding hydrogens is 580 g/mol. The predicted octanol–water partition coefficient (Wildman–Crippen LogP) is 4.68. The van der Waals surface area contributed by atoms with E-state index in [2.05, 4.69) is 0 Å². The fourth-order valence-electron chi connectivity index (χ4n) is 5.17. The zero-order valence-corrected chi connectivity index (χ0v) is 26.1. The molecule has 4 aromatic rings. The number of allylic oxidation sites excluding steroid dienone is 1. The van der Waals surface area contributed by atoms with E-state index in [-0.39, 0.29) is 37.1 Å². The van der Waals surface area contributed by atoms with E-state index in [1.165, 1.54) is 15.9 Å². The lowest BCUT2D eigenvalue weighted by molar-refractivity contribution is -0.145. The van der Waals surface area contributed by atoms with Gasteiger partial charge in [0, 0.05) is 11.1 Å². The van der Waals surface area contributed by atoms with Gasteiger partial charge in [0.05, 0.1) is 35.1 Å². The Morgan fingerprint density at radius 2 is 1.70 bits per heavy atom. The van der Waals surface area contributed by atoms with Crippen molar-refractivity contribution < 1.29 is 28.5 Å². The summed E-state index contributed by atoms with van der Waals surface area (Å²) in [7, 11) is 0. The normalized spacial score (nSPS) is 14.8. The molecule has 44 heavy (non-hydrogen) atoms. The lowest BCUT2D eigenvalue weighted by Crippen LogP contribution is -2.40. The number of hydrogen-bond donors (Lipinski definition) is 0. The topological polar surface area (TPSA) is 105 Å². The minimum absolute atomic E-state index is 0.137. The molecule has 0 aliphatic carbocycles. The molecule has 0 N–H and O–H groups in total. The Hall–Kier alpha value is -4.70. The summed E-state index contributed by atoms with van der Waals surface area (Å²) in [5, 5.41) is 1.78. The van der Waals surface area contributed by atoms with Crippen LogP contribution < -0.4 is 24.4 Å². The molecular formula is C34H34N2O7S. The van der Waals surface area contributed by atoms with Crippen molar-refractivity contribution in [3.8, 4) is 11.5 Å². The Balaban J connectivity index is 1.74. The second-order valence-corrected chi connectivity index (χ2v) is 11.3. The van der Waals surface area contributed by atoms with Gasteiger partial charge in [0.2, 0.25) is 0 Å². The SMILES string of the molecule is CCOC(=O)COc1ccc2ccccc2c1/C=c1\sc2n(c1=O)[C@H](c1ccccc1OC(C)C)C(C(=O)OCC)=C(C)N=2. The highest BCUT2D eigenvalue weighted by Crippen LogP contribution is 2.36. The molecule has 0 radical (unpaired) electrons. The standard InChI is InChI=1S/C34H34N2O7S/c1-6-40-29(37)19-42-26-17-16-22-12-8-9-13-23(22)25(26)18-28-32(38)36-31(24-14-10-11-15-27(24)43-20(3)4)30(33(39)41-7-2)21(5)35-34(36)44-28/h8-18,20,31H,6-7,19H2,1-5H3/b28-18-/t31-/m1/s1. The van der Waals surface area contributed by atoms with Crippen LogP contribution in [-0.2, 0) is 19.1 Å². The lowest BCUT2D eigenvalue weighted by atomic mass is 9.95. The first-order valence-electron chi connectivity index (χ1n) is 14.5. The first-order chi connectivity index (χ1) is 21.2. The molecule has 228 valence electrons. The number of esters is 2. The Morgan fingerprint density at radius 3 is 2.45 bits per heavy atom. The highest BCUT2D eigenvalue weighted by Gasteiger charge is 2.35. The summed E-state index contributed by atoms with van der Waals surface area (Å²) in [4.78, 5) is 44.9. The lowest BCUT2D eigenvalue weighted by Gasteiger charge is -2.26. The van der Waals surface area contributed by atoms with Crippen LogP contribution in [0.15, 0.2) is 81.7 Å². The van der Waals surface area contributed by atoms with Crippen LogP contribution in [0.1, 0.15) is 51.8 Å². The molecule has 5 rings (SSSR count). The second-order valence-electron chi connectivity index (χ2n) is 10.3. The average molecular weight is 615 g/mol. The number of fused-ring (bicyclic) bond motifs is 2. The largest absolute Gasteiger partial charge is 0.491 e. The van der Waals surface area contributed by atoms with E-state index in [1.54, 1.807) is 32.9 Å². The average Bonchev–Trinajstić information content (AvgIpc) is 3.30. The number of rotatable bonds is 10. The summed E-state index contributed by atoms with van der Waals surface area (Å²) in [6.45, 7) is 9.19. The van der Waals surface area contributed by atoms with E-state index < -0.39 is 18.0 Å². The molecule has 0 saturated heterocycles. The van der Waals surface area contributed by atoms with E-state index in [0.29, 0.717) is 37.7 Å². The fourth-order valence-corrected chi connectivity index (χ4v) is 6.20. The van der Waals surface area contributed by atoms with E-state index in [1.807, 2.05) is 68.4 Å². The molecule has 3 aromatic carbocycles. The summed E-state index contributed by atoms with van der Waals surface area (Å²) >= 11 is 1.21. The molecule has 1 aliphatic rings. The minimum Gasteiger partial charge on any atom is -0.491 e. The van der Waals surface area contributed by atoms with Crippen LogP contribution in [0, 0.1) is 0 Å². The third-order valence-electron chi connectivity index (χ3n) is 6.95. The molecule has 0 unspecified atom stereocenters. The van der Waals surface area contributed by atoms with Gasteiger partial charge in [-0.15, -0.1) is 0 Å². The molecule has 1 aliphatic heterocycles. The van der Waals surface area contributed by atoms with Gasteiger partial charge in [-0.1, -0.05) is 59.9 Å². The molecule has 0 fully saturated rings. The summed E-state index contributed by atoms with van der Waals surface area (Å²) in [6, 6.07) is 17.9. The summed E-state index contributed by atoms with van der Waals surface area (Å²) < 4.78 is 24.4. The Bertz CT molecular complexity index is 1940. The number of aromatic nitrogens is 1. The summed E-state index contributed by atoms with van der Waals surface area (Å²) in [6.07, 6.45) is 1.62. The van der Waals surface area contributed by atoms with Crippen molar-refractivity contribution in [3.05, 3.63) is 103 Å². The van der Waals surface area contributed by atoms with Gasteiger partial charge in [-0.2, -0.15) is 0 Å². The van der Waals surface area contributed by atoms with Crippen molar-refractivity contribution in [3.63, 3.8) is 0 Å². The van der Waals surface area contributed by atoms with Crippen LogP contribution in [0.4, 0.5) is 0 Å². The molecule has 1 atom stereocenters. The van der Waals surface area contributed by atoms with Crippen LogP contribution in [0.3, 0.4) is 0 Å². The van der Waals surface area contributed by atoms with Gasteiger partial charge in [-0.05, 0) is 63.6 Å². The van der Waals surface area contributed by atoms with Crippen molar-refractivity contribution in [1.82, 2.24) is 4.57 Å². The maximum Gasteiger partial charge on any atom is 0.344 e. The highest BCUT2D eigenvalue weighted by molar-refractivity contribution is 7.07. The van der Waals surface area contributed by atoms with Gasteiger partial charge in [0.15, 0.2) is 11.4 Å². The summed E-state index contributed by atoms with van der Waals surface area (Å²) in [5.41, 5.74) is 1.68. The fraction of sp³-hybridized carbons (Fsp3) is 0.294. The maximum atomic E-state index is 14.3. The van der Waals surface area contributed by atoms with Crippen molar-refractivity contribution in [2.45, 2.75) is 46.8 Å². The number of thiazole rings is 1. The molecule has 9 nitrogen and oxygen atoms in total. The molecule has 2 heterocycles. The molecule has 0 amide bonds. The van der Waals surface area contributed by atoms with E-state index in [9.17, 15) is 14.4 Å². The van der Waals surface area contributed by atoms with Crippen LogP contribution >= 0.6 is 11.3 Å². The molecule has 0 saturated carbocycles. The highest BCUT2D eigenvalue weighted by atomic mass is 32.1. The smallest absolute Gasteiger partial charge is 0.344 e. The molecule has 10 heteroatoms. The zero-order chi connectivity index (χ0) is 31.4. The quantitative estimate of drug-likeness (QED) is 0.239. The number of benzene rings is 3. The van der Waals surface area contributed by atoms with Crippen molar-refractivity contribution >= 4 is 40.1 Å². The van der Waals surface area contributed by atoms with Gasteiger partial charge in [-0.25, -0.2) is 14.6 Å². The Morgan fingerprint density at radius 1 is 0.977 bits per heavy atom. The third-order valence-corrected chi connectivity index (χ3v) is 7.93. The van der Waals surface area contributed by atoms with Gasteiger partial charge < -0.3 is 18.9 Å². The zero-order valence-electron chi connectivity index (χ0n) is 25.3. The Labute approximate surface area is 258 Å². The van der Waals surface area contributed by atoms with Gasteiger partial charge in [-0.3, -0.25) is 9.36 Å². The number of carbonyl (C=O) groups is 2. The summed E-state index contributed by atoms with van der Waals surface area (Å²) in [5.74, 6) is -0.0492. The second kappa shape index (κ2) is 13.3. The number of para-hydroxylation sites is 1. The van der Waals surface area contributed by atoms with E-state index in [0.717, 1.165) is 10.8 Å². The van der Waals surface area contributed by atoms with Crippen LogP contribution in [0.25, 0.3) is 16.8 Å². The van der Waals surface area contributed by atoms with E-state index >= 15 is 0 Å². The number of hydrogen-bond acceptors (Lipinski definition) is 9. The van der Waals surface area contributed by atoms with E-state index in [4.69, 9.17) is 23.9 Å². The number of ether oxygens (including phenoxy) is 4. The molecule has 0 spiro atoms. The van der Waals surface area contributed by atoms with Gasteiger partial charge in [0.1, 0.15) is 17.5 Å². The third kappa shape index (κ3) is 6.16. The first-order valence-corrected chi connectivity index (χ1v) is 15.3. The van der Waals surface area contributed by atoms with Crippen molar-refractivity contribution in [1.29, 1.82) is 0 Å². The minimum atomic E-state index is -0.825. The number of nitrogens with zero attached hydrogens (tertiary/aromatic N) is 2. The van der Waals surface area contributed by atoms with Gasteiger partial charge >= 0.3 is 11.9 Å². The van der Waals surface area contributed by atoms with Crippen LogP contribution in [0.5, 0.6) is 11.5 Å². The Kier molecular flexibility index (Phi) is 9.29. The maximum absolute atomic E-state index is 14.3. The van der Waals surface area contributed by atoms with Crippen LogP contribution in [0.2, 0.25) is 0 Å². The predicted molar refractivity (Wildman–Crippen MR) is 169 cm³/mol. The first kappa shape index (κ1) is 30.7. The molecule has 1 aromatic heterocycles. The van der Waals surface area contributed by atoms with Crippen LogP contribution in [-0.4, -0.2) is 42.4 Å². The monoisotopic (exact) mass is 614 g/mol. The van der Waals surface area contributed by atoms with Crippen molar-refractivity contribution in [2.24, 2.45) is 4.99 Å². The number of carbonyl (C=O) groups excluding carboxylic acids is 2. The molecule has 0 bridgehead atoms.